The highest BCUT2D eigenvalue weighted by atomic mass is 19.4. The van der Waals surface area contributed by atoms with Gasteiger partial charge < -0.3 is 9.64 Å². The fraction of sp³-hybridized carbons (Fsp3) is 0.300. The molecular weight excluding hydrogens is 482 g/mol. The van der Waals surface area contributed by atoms with Gasteiger partial charge in [0.15, 0.2) is 5.78 Å². The second-order valence-electron chi connectivity index (χ2n) is 9.25. The number of hydrogen-bond donors (Lipinski definition) is 0. The molecular formula is C30H29F4NO2. The molecule has 0 radical (unpaired) electrons. The fourth-order valence-corrected chi connectivity index (χ4v) is 4.86. The smallest absolute Gasteiger partial charge is 0.416 e. The molecule has 1 saturated heterocycles. The summed E-state index contributed by atoms with van der Waals surface area (Å²) in [6.45, 7) is 7.32. The van der Waals surface area contributed by atoms with E-state index in [9.17, 15) is 22.4 Å². The Kier molecular flexibility index (Phi) is 8.00. The number of ether oxygens (including phenoxy) is 1. The Balaban J connectivity index is 1.53. The number of rotatable bonds is 8. The third-order valence-corrected chi connectivity index (χ3v) is 6.91. The molecule has 194 valence electrons. The first-order valence-corrected chi connectivity index (χ1v) is 12.3. The first kappa shape index (κ1) is 26.5. The van der Waals surface area contributed by atoms with Crippen molar-refractivity contribution in [3.63, 3.8) is 0 Å². The maximum atomic E-state index is 13.4. The van der Waals surface area contributed by atoms with Gasteiger partial charge in [-0.1, -0.05) is 43.8 Å². The van der Waals surface area contributed by atoms with Crippen LogP contribution in [0.3, 0.4) is 0 Å². The van der Waals surface area contributed by atoms with E-state index >= 15 is 0 Å². The van der Waals surface area contributed by atoms with Crippen molar-refractivity contribution in [2.45, 2.75) is 38.0 Å². The van der Waals surface area contributed by atoms with Crippen LogP contribution >= 0.6 is 0 Å². The van der Waals surface area contributed by atoms with E-state index in [2.05, 4.69) is 11.5 Å². The Hall–Kier alpha value is -3.61. The maximum absolute atomic E-state index is 13.4. The van der Waals surface area contributed by atoms with Crippen molar-refractivity contribution in [2.75, 3.05) is 13.1 Å². The minimum atomic E-state index is -4.40. The Labute approximate surface area is 214 Å². The van der Waals surface area contributed by atoms with Gasteiger partial charge in [-0.15, -0.1) is 0 Å². The third-order valence-electron chi connectivity index (χ3n) is 6.91. The monoisotopic (exact) mass is 511 g/mol. The number of hydrogen-bond acceptors (Lipinski definition) is 3. The highest BCUT2D eigenvalue weighted by Crippen LogP contribution is 2.36. The molecule has 0 N–H and O–H groups in total. The molecule has 3 unspecified atom stereocenters. The van der Waals surface area contributed by atoms with Crippen LogP contribution in [0.15, 0.2) is 91.1 Å². The van der Waals surface area contributed by atoms with Crippen LogP contribution < -0.4 is 4.74 Å². The normalized spacial score (nSPS) is 18.8. The second kappa shape index (κ2) is 11.2. The van der Waals surface area contributed by atoms with Gasteiger partial charge in [0.2, 0.25) is 0 Å². The molecule has 1 heterocycles. The molecule has 0 saturated carbocycles. The molecule has 3 aromatic carbocycles. The van der Waals surface area contributed by atoms with Gasteiger partial charge in [0.25, 0.3) is 0 Å². The number of allylic oxidation sites excluding steroid dienone is 1. The zero-order valence-electron chi connectivity index (χ0n) is 20.5. The van der Waals surface area contributed by atoms with E-state index in [-0.39, 0.29) is 17.8 Å². The largest absolute Gasteiger partial charge is 0.490 e. The lowest BCUT2D eigenvalue weighted by Crippen LogP contribution is -2.45. The van der Waals surface area contributed by atoms with Crippen molar-refractivity contribution in [1.82, 2.24) is 4.90 Å². The number of halogens is 4. The Morgan fingerprint density at radius 2 is 1.68 bits per heavy atom. The molecule has 4 rings (SSSR count). The van der Waals surface area contributed by atoms with Gasteiger partial charge >= 0.3 is 6.18 Å². The molecule has 7 heteroatoms. The van der Waals surface area contributed by atoms with Crippen molar-refractivity contribution in [2.24, 2.45) is 5.92 Å². The molecule has 3 aromatic rings. The Morgan fingerprint density at radius 1 is 1.03 bits per heavy atom. The van der Waals surface area contributed by atoms with E-state index in [0.717, 1.165) is 17.7 Å². The molecule has 3 atom stereocenters. The molecule has 1 aliphatic heterocycles. The van der Waals surface area contributed by atoms with Crippen molar-refractivity contribution in [3.05, 3.63) is 114 Å². The first-order valence-electron chi connectivity index (χ1n) is 12.3. The summed E-state index contributed by atoms with van der Waals surface area (Å²) < 4.78 is 58.4. The van der Waals surface area contributed by atoms with E-state index in [1.807, 2.05) is 37.3 Å². The highest BCUT2D eigenvalue weighted by Gasteiger charge is 2.35. The van der Waals surface area contributed by atoms with Crippen LogP contribution in [0.4, 0.5) is 17.6 Å². The molecule has 0 aliphatic carbocycles. The van der Waals surface area contributed by atoms with Crippen LogP contribution in [0, 0.1) is 11.7 Å². The summed E-state index contributed by atoms with van der Waals surface area (Å²) in [4.78, 5) is 15.3. The number of ketones is 1. The number of carbonyl (C=O) groups excluding carboxylic acids is 1. The first-order chi connectivity index (χ1) is 17.7. The standard InChI is InChI=1S/C30H29F4NO2/c1-3-26(29(36)22-9-13-24(31)14-10-22)20(2)35-18-17-28(27(19-35)21-7-5-4-6-8-21)37-25-15-11-23(12-16-25)30(32,33)34/h4-16,26-28H,2-3,17-19H2,1H3. The number of nitrogens with zero attached hydrogens (tertiary/aromatic N) is 1. The minimum Gasteiger partial charge on any atom is -0.490 e. The van der Waals surface area contributed by atoms with Gasteiger partial charge in [-0.05, 0) is 60.5 Å². The number of Topliss-reactive ketones (excluding diaryl/α,β-unsaturated/α-hetero) is 1. The van der Waals surface area contributed by atoms with Crippen molar-refractivity contribution >= 4 is 5.78 Å². The van der Waals surface area contributed by atoms with Crippen molar-refractivity contribution in [1.29, 1.82) is 0 Å². The third kappa shape index (κ3) is 6.21. The summed E-state index contributed by atoms with van der Waals surface area (Å²) in [6.07, 6.45) is -3.53. The van der Waals surface area contributed by atoms with E-state index in [1.165, 1.54) is 36.4 Å². The van der Waals surface area contributed by atoms with Crippen LogP contribution in [0.25, 0.3) is 0 Å². The summed E-state index contributed by atoms with van der Waals surface area (Å²) in [5, 5.41) is 0. The zero-order chi connectivity index (χ0) is 26.6. The lowest BCUT2D eigenvalue weighted by Gasteiger charge is -2.42. The molecule has 1 fully saturated rings. The van der Waals surface area contributed by atoms with E-state index in [1.54, 1.807) is 0 Å². The van der Waals surface area contributed by atoms with Crippen LogP contribution in [0.5, 0.6) is 5.75 Å². The van der Waals surface area contributed by atoms with Gasteiger partial charge in [0.1, 0.15) is 17.7 Å². The summed E-state index contributed by atoms with van der Waals surface area (Å²) in [6, 6.07) is 20.1. The average molecular weight is 512 g/mol. The van der Waals surface area contributed by atoms with E-state index in [0.29, 0.717) is 42.9 Å². The number of piperidine rings is 1. The maximum Gasteiger partial charge on any atom is 0.416 e. The molecule has 0 aromatic heterocycles. The number of carbonyl (C=O) groups is 1. The molecule has 37 heavy (non-hydrogen) atoms. The van der Waals surface area contributed by atoms with Gasteiger partial charge in [0, 0.05) is 36.7 Å². The van der Waals surface area contributed by atoms with Gasteiger partial charge in [-0.3, -0.25) is 4.79 Å². The van der Waals surface area contributed by atoms with Crippen LogP contribution in [0.1, 0.15) is 47.2 Å². The summed E-state index contributed by atoms with van der Waals surface area (Å²) in [5.41, 5.74) is 1.46. The van der Waals surface area contributed by atoms with Gasteiger partial charge in [-0.2, -0.15) is 13.2 Å². The highest BCUT2D eigenvalue weighted by molar-refractivity contribution is 5.99. The fourth-order valence-electron chi connectivity index (χ4n) is 4.86. The van der Waals surface area contributed by atoms with Crippen molar-refractivity contribution < 1.29 is 27.1 Å². The van der Waals surface area contributed by atoms with E-state index < -0.39 is 23.5 Å². The van der Waals surface area contributed by atoms with Crippen LogP contribution in [0.2, 0.25) is 0 Å². The van der Waals surface area contributed by atoms with Gasteiger partial charge in [-0.25, -0.2) is 4.39 Å². The number of likely N-dealkylation sites (tertiary alicyclic amines) is 1. The predicted molar refractivity (Wildman–Crippen MR) is 135 cm³/mol. The molecule has 1 aliphatic rings. The summed E-state index contributed by atoms with van der Waals surface area (Å²) >= 11 is 0. The molecule has 0 amide bonds. The Morgan fingerprint density at radius 3 is 2.27 bits per heavy atom. The molecule has 0 spiro atoms. The number of alkyl halides is 3. The summed E-state index contributed by atoms with van der Waals surface area (Å²) in [7, 11) is 0. The number of benzene rings is 3. The average Bonchev–Trinajstić information content (AvgIpc) is 2.90. The quantitative estimate of drug-likeness (QED) is 0.232. The molecule has 0 bridgehead atoms. The zero-order valence-corrected chi connectivity index (χ0v) is 20.5. The Bertz CT molecular complexity index is 1210. The van der Waals surface area contributed by atoms with Crippen LogP contribution in [-0.2, 0) is 6.18 Å². The molecule has 3 nitrogen and oxygen atoms in total. The van der Waals surface area contributed by atoms with Gasteiger partial charge in [0.05, 0.1) is 11.5 Å². The lowest BCUT2D eigenvalue weighted by atomic mass is 9.85. The predicted octanol–water partition coefficient (Wildman–Crippen LogP) is 7.50. The summed E-state index contributed by atoms with van der Waals surface area (Å²) in [5.74, 6) is -0.665. The SMILES string of the molecule is C=C(C(CC)C(=O)c1ccc(F)cc1)N1CCC(Oc2ccc(C(F)(F)F)cc2)C(c2ccccc2)C1. The second-order valence-corrected chi connectivity index (χ2v) is 9.25. The lowest BCUT2D eigenvalue weighted by molar-refractivity contribution is -0.137. The van der Waals surface area contributed by atoms with Crippen molar-refractivity contribution in [3.8, 4) is 5.75 Å². The van der Waals surface area contributed by atoms with E-state index in [4.69, 9.17) is 4.74 Å². The minimum absolute atomic E-state index is 0.0904. The van der Waals surface area contributed by atoms with Crippen LogP contribution in [-0.4, -0.2) is 29.9 Å². The topological polar surface area (TPSA) is 29.5 Å².